The molecule has 0 unspecified atom stereocenters. The van der Waals surface area contributed by atoms with Crippen LogP contribution in [0, 0.1) is 0 Å². The number of nitrogens with one attached hydrogen (secondary N) is 1. The smallest absolute Gasteiger partial charge is 0.148 e. The fourth-order valence-electron chi connectivity index (χ4n) is 1.28. The Balaban J connectivity index is 2.26. The third-order valence-electron chi connectivity index (χ3n) is 2.20. The highest BCUT2D eigenvalue weighted by Crippen LogP contribution is 2.36. The molecule has 1 aromatic carbocycles. The summed E-state index contributed by atoms with van der Waals surface area (Å²) < 4.78 is 0.722. The third-order valence-corrected chi connectivity index (χ3v) is 4.18. The highest BCUT2D eigenvalue weighted by Gasteiger charge is 2.09. The second kappa shape index (κ2) is 6.00. The van der Waals surface area contributed by atoms with Gasteiger partial charge in [0.1, 0.15) is 16.5 Å². The summed E-state index contributed by atoms with van der Waals surface area (Å²) in [6.07, 6.45) is 3.00. The molecule has 0 atom stereocenters. The van der Waals surface area contributed by atoms with Gasteiger partial charge in [0.15, 0.2) is 0 Å². The average Bonchev–Trinajstić information content (AvgIpc) is 2.40. The van der Waals surface area contributed by atoms with Gasteiger partial charge < -0.3 is 11.1 Å². The fraction of sp³-hybridized carbons (Fsp3) is 0. The maximum Gasteiger partial charge on any atom is 0.148 e. The van der Waals surface area contributed by atoms with Crippen LogP contribution >= 0.6 is 51.3 Å². The number of benzene rings is 1. The summed E-state index contributed by atoms with van der Waals surface area (Å²) in [5.41, 5.74) is 6.53. The summed E-state index contributed by atoms with van der Waals surface area (Å²) in [6.45, 7) is 0. The molecule has 0 aliphatic rings. The van der Waals surface area contributed by atoms with E-state index in [0.29, 0.717) is 27.2 Å². The Bertz CT molecular complexity index is 633. The van der Waals surface area contributed by atoms with Gasteiger partial charge in [-0.2, -0.15) is 0 Å². The Labute approximate surface area is 133 Å². The van der Waals surface area contributed by atoms with Gasteiger partial charge in [-0.15, -0.1) is 0 Å². The Morgan fingerprint density at radius 3 is 2.53 bits per heavy atom. The first-order valence-electron chi connectivity index (χ1n) is 5.01. The number of thiocarbonyl (C=S) groups is 1. The van der Waals surface area contributed by atoms with Crippen molar-refractivity contribution in [2.75, 3.05) is 5.32 Å². The van der Waals surface area contributed by atoms with Gasteiger partial charge >= 0.3 is 0 Å². The van der Waals surface area contributed by atoms with Crippen molar-refractivity contribution in [1.82, 2.24) is 9.97 Å². The molecule has 0 bridgehead atoms. The van der Waals surface area contributed by atoms with Crippen molar-refractivity contribution in [2.24, 2.45) is 5.73 Å². The largest absolute Gasteiger partial charge is 0.388 e. The van der Waals surface area contributed by atoms with Crippen LogP contribution in [-0.2, 0) is 0 Å². The van der Waals surface area contributed by atoms with E-state index in [-0.39, 0.29) is 4.99 Å². The lowest BCUT2D eigenvalue weighted by atomic mass is 10.3. The van der Waals surface area contributed by atoms with Crippen LogP contribution in [0.15, 0.2) is 29.0 Å². The minimum atomic E-state index is 0.198. The van der Waals surface area contributed by atoms with Gasteiger partial charge in [-0.05, 0) is 28.1 Å². The first kappa shape index (κ1) is 14.5. The van der Waals surface area contributed by atoms with Crippen LogP contribution in [0.2, 0.25) is 10.0 Å². The predicted molar refractivity (Wildman–Crippen MR) is 85.4 cm³/mol. The van der Waals surface area contributed by atoms with Gasteiger partial charge in [0.05, 0.1) is 28.1 Å². The maximum atomic E-state index is 6.12. The molecule has 8 heteroatoms. The van der Waals surface area contributed by atoms with E-state index >= 15 is 0 Å². The molecule has 4 nitrogen and oxygen atoms in total. The lowest BCUT2D eigenvalue weighted by molar-refractivity contribution is 1.18. The summed E-state index contributed by atoms with van der Waals surface area (Å²) in [5, 5.41) is 3.84. The highest BCUT2D eigenvalue weighted by atomic mass is 79.9. The molecule has 0 amide bonds. The van der Waals surface area contributed by atoms with Crippen molar-refractivity contribution in [1.29, 1.82) is 0 Å². The number of hydrogen-bond acceptors (Lipinski definition) is 4. The molecule has 3 N–H and O–H groups in total. The molecule has 0 saturated carbocycles. The number of aromatic nitrogens is 2. The van der Waals surface area contributed by atoms with Crippen LogP contribution in [0.5, 0.6) is 0 Å². The Morgan fingerprint density at radius 2 is 1.95 bits per heavy atom. The van der Waals surface area contributed by atoms with Gasteiger partial charge in [-0.25, -0.2) is 9.97 Å². The van der Waals surface area contributed by atoms with Crippen LogP contribution in [0.1, 0.15) is 5.69 Å². The molecule has 2 aromatic rings. The SMILES string of the molecule is NC(=S)c1cnc(Nc2ccc(Br)c(Cl)c2Cl)cn1. The molecule has 1 aromatic heterocycles. The van der Waals surface area contributed by atoms with Gasteiger partial charge in [0, 0.05) is 4.47 Å². The fourth-order valence-corrected chi connectivity index (χ4v) is 2.21. The van der Waals surface area contributed by atoms with E-state index in [4.69, 9.17) is 41.2 Å². The number of nitrogens with two attached hydrogens (primary N) is 1. The quantitative estimate of drug-likeness (QED) is 0.626. The van der Waals surface area contributed by atoms with Crippen molar-refractivity contribution in [3.05, 3.63) is 44.7 Å². The Kier molecular flexibility index (Phi) is 4.57. The van der Waals surface area contributed by atoms with Gasteiger partial charge in [-0.1, -0.05) is 35.4 Å². The van der Waals surface area contributed by atoms with E-state index in [1.165, 1.54) is 12.4 Å². The van der Waals surface area contributed by atoms with Crippen LogP contribution in [0.4, 0.5) is 11.5 Å². The van der Waals surface area contributed by atoms with Crippen LogP contribution in [0.25, 0.3) is 0 Å². The minimum absolute atomic E-state index is 0.198. The molecule has 0 aliphatic carbocycles. The monoisotopic (exact) mass is 376 g/mol. The molecule has 19 heavy (non-hydrogen) atoms. The normalized spacial score (nSPS) is 10.3. The predicted octanol–water partition coefficient (Wildman–Crippen LogP) is 3.92. The first-order chi connectivity index (χ1) is 8.99. The molecule has 0 radical (unpaired) electrons. The van der Waals surface area contributed by atoms with E-state index in [1.807, 2.05) is 0 Å². The average molecular weight is 378 g/mol. The van der Waals surface area contributed by atoms with E-state index in [9.17, 15) is 0 Å². The Morgan fingerprint density at radius 1 is 1.21 bits per heavy atom. The third kappa shape index (κ3) is 3.33. The van der Waals surface area contributed by atoms with Crippen LogP contribution in [0.3, 0.4) is 0 Å². The zero-order valence-electron chi connectivity index (χ0n) is 9.32. The molecule has 0 fully saturated rings. The lowest BCUT2D eigenvalue weighted by Crippen LogP contribution is -2.12. The number of halogens is 3. The molecule has 98 valence electrons. The van der Waals surface area contributed by atoms with Crippen molar-refractivity contribution in [3.63, 3.8) is 0 Å². The van der Waals surface area contributed by atoms with Crippen molar-refractivity contribution >= 4 is 67.8 Å². The van der Waals surface area contributed by atoms with Crippen LogP contribution < -0.4 is 11.1 Å². The van der Waals surface area contributed by atoms with E-state index in [1.54, 1.807) is 12.1 Å². The maximum absolute atomic E-state index is 6.12. The standard InChI is InChI=1S/C11H7BrCl2N4S/c12-5-1-2-6(10(14)9(5)13)18-8-4-16-7(3-17-8)11(15)19/h1-4H,(H2,15,19)(H,17,18). The molecule has 0 spiro atoms. The molecule has 0 aliphatic heterocycles. The lowest BCUT2D eigenvalue weighted by Gasteiger charge is -2.09. The molecule has 0 saturated heterocycles. The number of nitrogens with zero attached hydrogens (tertiary/aromatic N) is 2. The van der Waals surface area contributed by atoms with E-state index in [2.05, 4.69) is 31.2 Å². The topological polar surface area (TPSA) is 63.8 Å². The first-order valence-corrected chi connectivity index (χ1v) is 6.97. The summed E-state index contributed by atoms with van der Waals surface area (Å²) in [4.78, 5) is 8.40. The Hall–Kier alpha value is -0.950. The molecular weight excluding hydrogens is 371 g/mol. The second-order valence-electron chi connectivity index (χ2n) is 3.50. The zero-order chi connectivity index (χ0) is 14.0. The zero-order valence-corrected chi connectivity index (χ0v) is 13.2. The van der Waals surface area contributed by atoms with Gasteiger partial charge in [0.25, 0.3) is 0 Å². The summed E-state index contributed by atoms with van der Waals surface area (Å²) >= 11 is 20.2. The number of anilines is 2. The second-order valence-corrected chi connectivity index (χ2v) is 5.55. The molecule has 2 rings (SSSR count). The number of hydrogen-bond donors (Lipinski definition) is 2. The molecular formula is C11H7BrCl2N4S. The summed E-state index contributed by atoms with van der Waals surface area (Å²) in [5.74, 6) is 0.514. The van der Waals surface area contributed by atoms with Crippen molar-refractivity contribution in [3.8, 4) is 0 Å². The van der Waals surface area contributed by atoms with Gasteiger partial charge in [-0.3, -0.25) is 0 Å². The number of rotatable bonds is 3. The molecule has 1 heterocycles. The van der Waals surface area contributed by atoms with E-state index < -0.39 is 0 Å². The summed E-state index contributed by atoms with van der Waals surface area (Å²) in [6, 6.07) is 3.56. The van der Waals surface area contributed by atoms with Gasteiger partial charge in [0.2, 0.25) is 0 Å². The summed E-state index contributed by atoms with van der Waals surface area (Å²) in [7, 11) is 0. The highest BCUT2D eigenvalue weighted by molar-refractivity contribution is 9.10. The van der Waals surface area contributed by atoms with Crippen molar-refractivity contribution < 1.29 is 0 Å². The van der Waals surface area contributed by atoms with Crippen LogP contribution in [-0.4, -0.2) is 15.0 Å². The van der Waals surface area contributed by atoms with E-state index in [0.717, 1.165) is 4.47 Å². The minimum Gasteiger partial charge on any atom is -0.388 e. The van der Waals surface area contributed by atoms with Crippen molar-refractivity contribution in [2.45, 2.75) is 0 Å².